The van der Waals surface area contributed by atoms with Crippen molar-refractivity contribution in [2.75, 3.05) is 17.9 Å². The Morgan fingerprint density at radius 2 is 1.80 bits per heavy atom. The number of para-hydroxylation sites is 1. The Labute approximate surface area is 175 Å². The number of benzene rings is 2. The maximum atomic E-state index is 12.9. The van der Waals surface area contributed by atoms with E-state index in [2.05, 4.69) is 10.4 Å². The number of hydrazone groups is 1. The van der Waals surface area contributed by atoms with Gasteiger partial charge in [-0.25, -0.2) is 13.2 Å². The number of sulfone groups is 1. The molecule has 0 spiro atoms. The maximum absolute atomic E-state index is 12.9. The summed E-state index contributed by atoms with van der Waals surface area (Å²) >= 11 is 0. The lowest BCUT2D eigenvalue weighted by Gasteiger charge is -2.22. The monoisotopic (exact) mass is 429 g/mol. The topological polar surface area (TPSA) is 105 Å². The minimum atomic E-state index is -3.27. The smallest absolute Gasteiger partial charge is 0.354 e. The van der Waals surface area contributed by atoms with Crippen LogP contribution >= 0.6 is 0 Å². The Balaban J connectivity index is 1.72. The number of rotatable bonds is 7. The number of hydrogen-bond acceptors (Lipinski definition) is 7. The molecule has 0 bridgehead atoms. The Bertz CT molecular complexity index is 1050. The van der Waals surface area contributed by atoms with Crippen LogP contribution in [0.15, 0.2) is 64.6 Å². The molecule has 0 fully saturated rings. The van der Waals surface area contributed by atoms with Gasteiger partial charge >= 0.3 is 5.97 Å². The molecule has 8 nitrogen and oxygen atoms in total. The first-order chi connectivity index (χ1) is 14.3. The fourth-order valence-corrected chi connectivity index (χ4v) is 3.66. The first-order valence-electron chi connectivity index (χ1n) is 9.45. The van der Waals surface area contributed by atoms with Crippen molar-refractivity contribution in [2.45, 2.75) is 30.8 Å². The number of anilines is 1. The lowest BCUT2D eigenvalue weighted by atomic mass is 10.1. The highest BCUT2D eigenvalue weighted by Crippen LogP contribution is 2.25. The van der Waals surface area contributed by atoms with Gasteiger partial charge in [0.25, 0.3) is 0 Å². The second-order valence-corrected chi connectivity index (χ2v) is 8.82. The second-order valence-electron chi connectivity index (χ2n) is 6.80. The van der Waals surface area contributed by atoms with Crippen molar-refractivity contribution in [3.05, 3.63) is 60.2 Å². The molecule has 1 unspecified atom stereocenters. The zero-order chi connectivity index (χ0) is 21.7. The summed E-state index contributed by atoms with van der Waals surface area (Å²) in [5, 5.41) is 8.68. The van der Waals surface area contributed by atoms with Crippen molar-refractivity contribution in [2.24, 2.45) is 5.10 Å². The van der Waals surface area contributed by atoms with Crippen LogP contribution in [0.3, 0.4) is 0 Å². The van der Waals surface area contributed by atoms with Gasteiger partial charge in [0.05, 0.1) is 17.2 Å². The third kappa shape index (κ3) is 5.04. The molecule has 3 rings (SSSR count). The average molecular weight is 429 g/mol. The third-order valence-electron chi connectivity index (χ3n) is 4.56. The van der Waals surface area contributed by atoms with Crippen molar-refractivity contribution in [1.29, 1.82) is 0 Å². The van der Waals surface area contributed by atoms with E-state index >= 15 is 0 Å². The molecule has 1 amide bonds. The van der Waals surface area contributed by atoms with Gasteiger partial charge in [-0.15, -0.1) is 0 Å². The first kappa shape index (κ1) is 21.5. The molecule has 1 aliphatic rings. The van der Waals surface area contributed by atoms with Gasteiger partial charge in [0.1, 0.15) is 11.8 Å². The predicted molar refractivity (Wildman–Crippen MR) is 113 cm³/mol. The van der Waals surface area contributed by atoms with E-state index in [-0.39, 0.29) is 36.1 Å². The molecule has 0 radical (unpaired) electrons. The van der Waals surface area contributed by atoms with Crippen LogP contribution in [0.25, 0.3) is 0 Å². The Morgan fingerprint density at radius 1 is 1.13 bits per heavy atom. The van der Waals surface area contributed by atoms with Crippen LogP contribution < -0.4 is 10.3 Å². The molecule has 0 saturated carbocycles. The van der Waals surface area contributed by atoms with Gasteiger partial charge in [0, 0.05) is 19.2 Å². The number of carbonyl (C=O) groups excluding carboxylic acids is 2. The maximum Gasteiger partial charge on any atom is 0.354 e. The Kier molecular flexibility index (Phi) is 6.51. The highest BCUT2D eigenvalue weighted by molar-refractivity contribution is 7.90. The summed E-state index contributed by atoms with van der Waals surface area (Å²) < 4.78 is 28.2. The summed E-state index contributed by atoms with van der Waals surface area (Å²) in [5.74, 6) is -0.834. The Morgan fingerprint density at radius 3 is 2.40 bits per heavy atom. The number of ether oxygens (including phenoxy) is 1. The number of amides is 1. The summed E-state index contributed by atoms with van der Waals surface area (Å²) in [4.78, 5) is 25.2. The van der Waals surface area contributed by atoms with Crippen LogP contribution in [0.5, 0.6) is 0 Å². The molecule has 2 aromatic rings. The van der Waals surface area contributed by atoms with Crippen LogP contribution in [0, 0.1) is 0 Å². The predicted octanol–water partition coefficient (Wildman–Crippen LogP) is 1.90. The fraction of sp³-hybridized carbons (Fsp3) is 0.286. The van der Waals surface area contributed by atoms with Crippen LogP contribution in [0.4, 0.5) is 5.69 Å². The number of hydrogen-bond donors (Lipinski definition) is 1. The summed E-state index contributed by atoms with van der Waals surface area (Å²) in [6, 6.07) is 14.7. The highest BCUT2D eigenvalue weighted by Gasteiger charge is 2.36. The number of nitrogens with zero attached hydrogens (tertiary/aromatic N) is 2. The lowest BCUT2D eigenvalue weighted by Crippen LogP contribution is -2.42. The van der Waals surface area contributed by atoms with E-state index < -0.39 is 21.8 Å². The van der Waals surface area contributed by atoms with E-state index in [4.69, 9.17) is 4.74 Å². The lowest BCUT2D eigenvalue weighted by molar-refractivity contribution is -0.135. The summed E-state index contributed by atoms with van der Waals surface area (Å²) in [6.07, 6.45) is 1.27. The molecular weight excluding hydrogens is 406 g/mol. The molecule has 2 aromatic carbocycles. The number of carbonyl (C=O) groups is 2. The zero-order valence-electron chi connectivity index (χ0n) is 16.7. The van der Waals surface area contributed by atoms with Crippen molar-refractivity contribution in [3.63, 3.8) is 0 Å². The molecule has 1 heterocycles. The summed E-state index contributed by atoms with van der Waals surface area (Å²) in [6.45, 7) is 2.15. The van der Waals surface area contributed by atoms with E-state index in [0.717, 1.165) is 11.8 Å². The molecule has 0 saturated heterocycles. The van der Waals surface area contributed by atoms with Crippen molar-refractivity contribution in [3.8, 4) is 0 Å². The van der Waals surface area contributed by atoms with E-state index in [0.29, 0.717) is 5.69 Å². The molecule has 9 heteroatoms. The van der Waals surface area contributed by atoms with Gasteiger partial charge in [-0.2, -0.15) is 5.10 Å². The zero-order valence-corrected chi connectivity index (χ0v) is 17.6. The standard InChI is InChI=1S/C21H23N3O5S/c1-3-29-21(26)18-13-19(24(23-18)16-7-5-4-6-8-16)20(25)22-14-15-9-11-17(12-10-15)30(2,27)28/h4-12,19H,3,13-14H2,1-2H3,(H,22,25). The minimum Gasteiger partial charge on any atom is -0.461 e. The normalized spacial score (nSPS) is 16.1. The van der Waals surface area contributed by atoms with Gasteiger partial charge in [-0.05, 0) is 36.8 Å². The fourth-order valence-electron chi connectivity index (χ4n) is 3.03. The molecule has 1 atom stereocenters. The van der Waals surface area contributed by atoms with Crippen LogP contribution in [-0.4, -0.2) is 44.9 Å². The molecule has 158 valence electrons. The Hall–Kier alpha value is -3.20. The van der Waals surface area contributed by atoms with Gasteiger partial charge < -0.3 is 10.1 Å². The highest BCUT2D eigenvalue weighted by atomic mass is 32.2. The van der Waals surface area contributed by atoms with Crippen molar-refractivity contribution < 1.29 is 22.7 Å². The average Bonchev–Trinajstić information content (AvgIpc) is 3.18. The minimum absolute atomic E-state index is 0.132. The molecular formula is C21H23N3O5S. The van der Waals surface area contributed by atoms with E-state index in [9.17, 15) is 18.0 Å². The van der Waals surface area contributed by atoms with Crippen molar-refractivity contribution >= 4 is 33.1 Å². The second kappa shape index (κ2) is 9.08. The summed E-state index contributed by atoms with van der Waals surface area (Å²) in [5.41, 5.74) is 1.64. The van der Waals surface area contributed by atoms with Crippen LogP contribution in [0.2, 0.25) is 0 Å². The quantitative estimate of drug-likeness (QED) is 0.674. The van der Waals surface area contributed by atoms with E-state index in [1.807, 2.05) is 30.3 Å². The third-order valence-corrected chi connectivity index (χ3v) is 5.69. The number of nitrogens with one attached hydrogen (secondary N) is 1. The van der Waals surface area contributed by atoms with Crippen LogP contribution in [0.1, 0.15) is 18.9 Å². The van der Waals surface area contributed by atoms with Gasteiger partial charge in [0.2, 0.25) is 5.91 Å². The van der Waals surface area contributed by atoms with Gasteiger partial charge in [-0.3, -0.25) is 9.80 Å². The molecule has 0 aliphatic carbocycles. The first-order valence-corrected chi connectivity index (χ1v) is 11.3. The number of esters is 1. The molecule has 1 aliphatic heterocycles. The molecule has 0 aromatic heterocycles. The van der Waals surface area contributed by atoms with E-state index in [1.165, 1.54) is 17.1 Å². The van der Waals surface area contributed by atoms with Gasteiger partial charge in [-0.1, -0.05) is 30.3 Å². The largest absolute Gasteiger partial charge is 0.461 e. The molecule has 30 heavy (non-hydrogen) atoms. The molecule has 1 N–H and O–H groups in total. The van der Waals surface area contributed by atoms with E-state index in [1.54, 1.807) is 19.1 Å². The van der Waals surface area contributed by atoms with Gasteiger partial charge in [0.15, 0.2) is 9.84 Å². The SMILES string of the molecule is CCOC(=O)C1=NN(c2ccccc2)C(C(=O)NCc2ccc(S(C)(=O)=O)cc2)C1. The van der Waals surface area contributed by atoms with Crippen LogP contribution in [-0.2, 0) is 30.7 Å². The summed E-state index contributed by atoms with van der Waals surface area (Å²) in [7, 11) is -3.27. The van der Waals surface area contributed by atoms with Crippen molar-refractivity contribution in [1.82, 2.24) is 5.32 Å².